The van der Waals surface area contributed by atoms with E-state index in [2.05, 4.69) is 0 Å². The van der Waals surface area contributed by atoms with Crippen LogP contribution in [-0.4, -0.2) is 66.3 Å². The molecule has 0 amide bonds. The Morgan fingerprint density at radius 2 is 0.882 bits per heavy atom. The monoisotopic (exact) mass is 578 g/mol. The van der Waals surface area contributed by atoms with Crippen molar-refractivity contribution in [3.8, 4) is 0 Å². The third-order valence-corrected chi connectivity index (χ3v) is 3.97. The Labute approximate surface area is 173 Å². The fourth-order valence-electron chi connectivity index (χ4n) is 1.52. The van der Waals surface area contributed by atoms with Crippen LogP contribution in [0, 0.1) is 0 Å². The molecule has 0 spiro atoms. The maximum Gasteiger partial charge on any atom is 0.491 e. The van der Waals surface area contributed by atoms with E-state index >= 15 is 0 Å². The topological polar surface area (TPSA) is 72.8 Å². The van der Waals surface area contributed by atoms with Gasteiger partial charge in [0.15, 0.2) is 0 Å². The van der Waals surface area contributed by atoms with Crippen LogP contribution in [-0.2, 0) is 19.6 Å². The molecule has 5 nitrogen and oxygen atoms in total. The molecule has 1 N–H and O–H groups in total. The molecule has 0 saturated carbocycles. The molecular weight excluding hydrogens is 574 g/mol. The summed E-state index contributed by atoms with van der Waals surface area (Å²) in [5.74, 6) is -39.3. The van der Waals surface area contributed by atoms with Crippen molar-refractivity contribution in [2.45, 2.75) is 60.3 Å². The average Bonchev–Trinajstić information content (AvgIpc) is 2.48. The molecule has 0 aliphatic rings. The quantitative estimate of drug-likeness (QED) is 0.292. The summed E-state index contributed by atoms with van der Waals surface area (Å²) in [7, 11) is -7.57. The number of rotatable bonds is 9. The largest absolute Gasteiger partial charge is 0.491 e. The van der Waals surface area contributed by atoms with Gasteiger partial charge in [-0.05, 0) is 0 Å². The first kappa shape index (κ1) is 32.6. The van der Waals surface area contributed by atoms with E-state index in [0.29, 0.717) is 0 Å². The zero-order valence-corrected chi connectivity index (χ0v) is 15.6. The minimum absolute atomic E-state index is 1.17. The van der Waals surface area contributed by atoms with Crippen LogP contribution in [0.4, 0.5) is 79.0 Å². The van der Waals surface area contributed by atoms with E-state index in [0.717, 1.165) is 0 Å². The van der Waals surface area contributed by atoms with Crippen molar-refractivity contribution in [1.82, 2.24) is 0 Å². The smallest absolute Gasteiger partial charge is 0.279 e. The van der Waals surface area contributed by atoms with E-state index in [1.165, 1.54) is 9.47 Å². The van der Waals surface area contributed by atoms with E-state index < -0.39 is 70.4 Å². The van der Waals surface area contributed by atoms with Gasteiger partial charge in [0.2, 0.25) is 0 Å². The summed E-state index contributed by atoms with van der Waals surface area (Å²) in [6.07, 6.45) is -24.6. The van der Waals surface area contributed by atoms with Gasteiger partial charge in [-0.3, -0.25) is 14.0 Å². The van der Waals surface area contributed by atoms with Gasteiger partial charge >= 0.3 is 63.5 Å². The normalized spacial score (nSPS) is 19.5. The second kappa shape index (κ2) is 8.04. The van der Waals surface area contributed by atoms with Crippen molar-refractivity contribution in [3.63, 3.8) is 0 Å². The van der Waals surface area contributed by atoms with Crippen LogP contribution < -0.4 is 0 Å². The molecule has 0 rings (SSSR count). The summed E-state index contributed by atoms with van der Waals surface area (Å²) in [6.45, 7) is -1.37. The van der Waals surface area contributed by atoms with Crippen LogP contribution in [0.3, 0.4) is 0 Å². The van der Waals surface area contributed by atoms with Crippen molar-refractivity contribution in [3.05, 3.63) is 0 Å². The predicted molar refractivity (Wildman–Crippen MR) is 63.9 cm³/mol. The summed E-state index contributed by atoms with van der Waals surface area (Å²) in [5.41, 5.74) is -7.25. The fourth-order valence-corrected chi connectivity index (χ4v) is 1.74. The lowest BCUT2D eigenvalue weighted by atomic mass is 9.97. The van der Waals surface area contributed by atoms with Crippen LogP contribution in [0.25, 0.3) is 0 Å². The number of hydrogen-bond acceptors (Lipinski definition) is 4. The molecule has 0 fully saturated rings. The Hall–Kier alpha value is -1.43. The average molecular weight is 578 g/mol. The van der Waals surface area contributed by atoms with Crippen molar-refractivity contribution in [1.29, 1.82) is 0 Å². The Bertz CT molecular complexity index is 856. The second-order valence-electron chi connectivity index (χ2n) is 5.88. The van der Waals surface area contributed by atoms with Gasteiger partial charge < -0.3 is 0 Å². The molecule has 0 aromatic heterocycles. The Morgan fingerprint density at radius 1 is 0.559 bits per heavy atom. The van der Waals surface area contributed by atoms with Crippen molar-refractivity contribution < 1.29 is 101 Å². The van der Waals surface area contributed by atoms with Crippen LogP contribution in [0.5, 0.6) is 0 Å². The lowest BCUT2D eigenvalue weighted by Crippen LogP contribution is -2.72. The van der Waals surface area contributed by atoms with E-state index in [1.807, 2.05) is 0 Å². The zero-order chi connectivity index (χ0) is 28.4. The summed E-state index contributed by atoms with van der Waals surface area (Å²) in [4.78, 5) is 0. The van der Waals surface area contributed by atoms with E-state index in [-0.39, 0.29) is 0 Å². The summed E-state index contributed by atoms with van der Waals surface area (Å²) >= 11 is 0. The first-order chi connectivity index (χ1) is 14.2. The van der Waals surface area contributed by atoms with E-state index in [4.69, 9.17) is 4.55 Å². The Balaban J connectivity index is 7.16. The van der Waals surface area contributed by atoms with Gasteiger partial charge in [-0.2, -0.15) is 87.4 Å². The third-order valence-electron chi connectivity index (χ3n) is 3.28. The van der Waals surface area contributed by atoms with Gasteiger partial charge in [0, 0.05) is 6.92 Å². The highest BCUT2D eigenvalue weighted by Gasteiger charge is 2.90. The molecule has 0 heterocycles. The molecule has 0 aliphatic heterocycles. The van der Waals surface area contributed by atoms with Crippen molar-refractivity contribution in [2.24, 2.45) is 0 Å². The standard InChI is InChI=1S/C10H4F18O5S/c1-2(11,12)3(13,14)4(15,16)5(17,7(19,20)21)32-9(25,26)6(18,8(22,23)24)33-10(27,28)34(29,30)31/h1H3,(H,29,30,31). The second-order valence-corrected chi connectivity index (χ2v) is 7.31. The number of hydrogen-bond donors (Lipinski definition) is 1. The van der Waals surface area contributed by atoms with Gasteiger partial charge in [-0.1, -0.05) is 0 Å². The highest BCUT2D eigenvalue weighted by Crippen LogP contribution is 2.60. The first-order valence-electron chi connectivity index (χ1n) is 6.94. The molecule has 0 aromatic carbocycles. The van der Waals surface area contributed by atoms with Crippen LogP contribution in [0.15, 0.2) is 0 Å². The van der Waals surface area contributed by atoms with Gasteiger partial charge in [0.25, 0.3) is 0 Å². The molecule has 0 radical (unpaired) electrons. The molecule has 206 valence electrons. The minimum atomic E-state index is -8.45. The van der Waals surface area contributed by atoms with Gasteiger partial charge in [-0.15, -0.1) is 0 Å². The number of halogens is 18. The maximum absolute atomic E-state index is 13.8. The zero-order valence-electron chi connectivity index (χ0n) is 14.8. The molecule has 0 bridgehead atoms. The summed E-state index contributed by atoms with van der Waals surface area (Å²) < 4.78 is 265. The summed E-state index contributed by atoms with van der Waals surface area (Å²) in [6, 6.07) is 0. The lowest BCUT2D eigenvalue weighted by molar-refractivity contribution is -0.548. The molecule has 24 heteroatoms. The van der Waals surface area contributed by atoms with Gasteiger partial charge in [-0.25, -0.2) is 0 Å². The van der Waals surface area contributed by atoms with Crippen LogP contribution >= 0.6 is 0 Å². The molecule has 2 atom stereocenters. The minimum Gasteiger partial charge on any atom is -0.279 e. The first-order valence-corrected chi connectivity index (χ1v) is 8.38. The van der Waals surface area contributed by atoms with Gasteiger partial charge in [0.05, 0.1) is 0 Å². The van der Waals surface area contributed by atoms with Crippen molar-refractivity contribution >= 4 is 10.1 Å². The van der Waals surface area contributed by atoms with E-state index in [9.17, 15) is 87.4 Å². The molecule has 34 heavy (non-hydrogen) atoms. The van der Waals surface area contributed by atoms with Gasteiger partial charge in [0.1, 0.15) is 0 Å². The molecule has 2 unspecified atom stereocenters. The molecule has 0 saturated heterocycles. The maximum atomic E-state index is 13.8. The Morgan fingerprint density at radius 3 is 1.12 bits per heavy atom. The van der Waals surface area contributed by atoms with Crippen molar-refractivity contribution in [2.75, 3.05) is 0 Å². The van der Waals surface area contributed by atoms with Crippen LogP contribution in [0.2, 0.25) is 0 Å². The Kier molecular flexibility index (Phi) is 7.70. The van der Waals surface area contributed by atoms with E-state index in [1.54, 1.807) is 0 Å². The predicted octanol–water partition coefficient (Wildman–Crippen LogP) is 5.43. The number of alkyl halides is 18. The number of ether oxygens (including phenoxy) is 2. The highest BCUT2D eigenvalue weighted by atomic mass is 32.2. The van der Waals surface area contributed by atoms with Crippen LogP contribution in [0.1, 0.15) is 6.92 Å². The molecule has 0 aliphatic carbocycles. The lowest BCUT2D eigenvalue weighted by Gasteiger charge is -2.43. The highest BCUT2D eigenvalue weighted by molar-refractivity contribution is 7.86. The SMILES string of the molecule is CC(F)(F)C(F)(F)C(F)(F)C(F)(OC(F)(F)C(F)(OC(F)(F)S(=O)(=O)O)C(F)(F)F)C(F)(F)F. The summed E-state index contributed by atoms with van der Waals surface area (Å²) in [5, 5.41) is 0. The molecule has 0 aromatic rings. The molecular formula is C10H4F18O5S. The third kappa shape index (κ3) is 4.94. The fraction of sp³-hybridized carbons (Fsp3) is 1.00.